The fourth-order valence-corrected chi connectivity index (χ4v) is 6.86. The van der Waals surface area contributed by atoms with Gasteiger partial charge in [-0.3, -0.25) is 0 Å². The number of aromatic amines is 2. The normalized spacial score (nSPS) is 13.2. The minimum Gasteiger partial charge on any atom is -0.397 e. The van der Waals surface area contributed by atoms with Crippen molar-refractivity contribution in [3.8, 4) is 33.4 Å². The summed E-state index contributed by atoms with van der Waals surface area (Å²) in [6.45, 7) is 20.2. The van der Waals surface area contributed by atoms with E-state index >= 15 is 0 Å². The lowest BCUT2D eigenvalue weighted by Crippen LogP contribution is -2.10. The zero-order chi connectivity index (χ0) is 34.9. The Hall–Kier alpha value is -5.09. The highest BCUT2D eigenvalue weighted by Crippen LogP contribution is 2.40. The second-order valence-corrected chi connectivity index (χ2v) is 16.6. The molecule has 3 aromatic heterocycles. The van der Waals surface area contributed by atoms with Gasteiger partial charge in [-0.2, -0.15) is 0 Å². The Labute approximate surface area is 290 Å². The average Bonchev–Trinajstić information content (AvgIpc) is 3.79. The van der Waals surface area contributed by atoms with Crippen molar-refractivity contribution in [3.63, 3.8) is 0 Å². The molecule has 0 saturated carbocycles. The summed E-state index contributed by atoms with van der Waals surface area (Å²) in [7, 11) is 0. The van der Waals surface area contributed by atoms with Crippen LogP contribution in [-0.4, -0.2) is 15.0 Å². The first kappa shape index (κ1) is 32.5. The highest BCUT2D eigenvalue weighted by Gasteiger charge is 2.22. The molecule has 0 unspecified atom stereocenters. The Morgan fingerprint density at radius 2 is 0.755 bits per heavy atom. The first-order valence-electron chi connectivity index (χ1n) is 17.3. The molecule has 1 aliphatic heterocycles. The smallest absolute Gasteiger partial charge is 0.0966 e. The maximum absolute atomic E-state index is 6.93. The predicted octanol–water partition coefficient (Wildman–Crippen LogP) is 11.8. The topological polar surface area (TPSA) is 70.5 Å². The standard InChI is InChI=1S/C45H48N4/c1-43(2,3)30-16-10-27(11-17-30)39-34-22-23-36(47-34)40(28-12-18-31(19-13-28)44(4,5)6)38-26-33(46)42(49-38)41(37-25-24-35(39)48-37)29-14-20-32(21-15-29)45(7,8)9/h10-26,47-48H,46H2,1-9H3. The molecule has 7 rings (SSSR count). The summed E-state index contributed by atoms with van der Waals surface area (Å²) in [4.78, 5) is 13.0. The van der Waals surface area contributed by atoms with Crippen molar-refractivity contribution in [2.24, 2.45) is 5.73 Å². The van der Waals surface area contributed by atoms with Crippen LogP contribution >= 0.6 is 0 Å². The molecule has 0 fully saturated rings. The molecule has 4 N–H and O–H groups in total. The van der Waals surface area contributed by atoms with Crippen LogP contribution in [0.25, 0.3) is 67.2 Å². The number of hydrogen-bond donors (Lipinski definition) is 3. The van der Waals surface area contributed by atoms with Gasteiger partial charge in [0.15, 0.2) is 0 Å². The van der Waals surface area contributed by atoms with E-state index in [0.29, 0.717) is 5.70 Å². The lowest BCUT2D eigenvalue weighted by molar-refractivity contribution is 0.590. The van der Waals surface area contributed by atoms with Crippen LogP contribution in [0, 0.1) is 0 Å². The van der Waals surface area contributed by atoms with Crippen molar-refractivity contribution in [3.05, 3.63) is 125 Å². The summed E-state index contributed by atoms with van der Waals surface area (Å²) in [6, 6.07) is 35.5. The van der Waals surface area contributed by atoms with E-state index in [2.05, 4.69) is 169 Å². The van der Waals surface area contributed by atoms with E-state index in [1.165, 1.54) is 16.7 Å². The molecule has 6 aromatic rings. The zero-order valence-corrected chi connectivity index (χ0v) is 30.3. The lowest BCUT2D eigenvalue weighted by atomic mass is 9.86. The number of fused-ring (bicyclic) bond motifs is 6. The van der Waals surface area contributed by atoms with Crippen LogP contribution in [0.1, 0.15) is 90.4 Å². The molecule has 49 heavy (non-hydrogen) atoms. The molecule has 1 aliphatic rings. The van der Waals surface area contributed by atoms with Gasteiger partial charge in [0.2, 0.25) is 0 Å². The molecule has 248 valence electrons. The SMILES string of the molecule is CC(C)(C)c1ccc(-c2c3nc(c(-c4ccc(C(C)(C)C)cc4)c4ccc([nH]4)c(-c4ccc(C(C)(C)C)cc4)c4ccc2[nH]4)C(N)=C3)cc1. The van der Waals surface area contributed by atoms with Gasteiger partial charge in [0.25, 0.3) is 0 Å². The van der Waals surface area contributed by atoms with Crippen LogP contribution in [0.4, 0.5) is 0 Å². The molecular weight excluding hydrogens is 597 g/mol. The second kappa shape index (κ2) is 11.5. The minimum atomic E-state index is 0.0482. The van der Waals surface area contributed by atoms with E-state index in [1.807, 2.05) is 6.08 Å². The van der Waals surface area contributed by atoms with E-state index in [4.69, 9.17) is 10.7 Å². The quantitative estimate of drug-likeness (QED) is 0.179. The van der Waals surface area contributed by atoms with Crippen LogP contribution in [-0.2, 0) is 16.2 Å². The third-order valence-electron chi connectivity index (χ3n) is 9.86. The van der Waals surface area contributed by atoms with Gasteiger partial charge in [-0.05, 0) is 80.0 Å². The first-order valence-corrected chi connectivity index (χ1v) is 17.3. The maximum atomic E-state index is 6.93. The number of aromatic nitrogens is 3. The third-order valence-corrected chi connectivity index (χ3v) is 9.86. The minimum absolute atomic E-state index is 0.0482. The number of hydrogen-bond acceptors (Lipinski definition) is 2. The monoisotopic (exact) mass is 644 g/mol. The summed E-state index contributed by atoms with van der Waals surface area (Å²) in [6.07, 6.45) is 2.03. The molecule has 0 amide bonds. The number of nitrogens with two attached hydrogens (primary N) is 1. The molecule has 0 radical (unpaired) electrons. The Morgan fingerprint density at radius 3 is 1.14 bits per heavy atom. The molecule has 4 nitrogen and oxygen atoms in total. The van der Waals surface area contributed by atoms with Crippen molar-refractivity contribution in [2.45, 2.75) is 78.6 Å². The van der Waals surface area contributed by atoms with Gasteiger partial charge in [-0.15, -0.1) is 0 Å². The molecule has 4 heteroatoms. The number of benzene rings is 3. The van der Waals surface area contributed by atoms with Gasteiger partial charge in [0, 0.05) is 38.8 Å². The molecule has 6 bridgehead atoms. The predicted molar refractivity (Wildman–Crippen MR) is 210 cm³/mol. The number of nitrogens with zero attached hydrogens (tertiary/aromatic N) is 1. The number of rotatable bonds is 3. The van der Waals surface area contributed by atoms with Gasteiger partial charge >= 0.3 is 0 Å². The van der Waals surface area contributed by atoms with Gasteiger partial charge in [-0.1, -0.05) is 135 Å². The molecule has 0 atom stereocenters. The van der Waals surface area contributed by atoms with Crippen LogP contribution in [0.3, 0.4) is 0 Å². The van der Waals surface area contributed by atoms with Crippen LogP contribution in [0.5, 0.6) is 0 Å². The lowest BCUT2D eigenvalue weighted by Gasteiger charge is -2.19. The Bertz CT molecular complexity index is 2290. The van der Waals surface area contributed by atoms with Crippen LogP contribution < -0.4 is 5.73 Å². The third kappa shape index (κ3) is 6.05. The number of nitrogens with one attached hydrogen (secondary N) is 2. The van der Waals surface area contributed by atoms with Crippen molar-refractivity contribution in [2.75, 3.05) is 0 Å². The summed E-state index contributed by atoms with van der Waals surface area (Å²) >= 11 is 0. The average molecular weight is 645 g/mol. The Kier molecular flexibility index (Phi) is 7.63. The molecular formula is C45H48N4. The van der Waals surface area contributed by atoms with Crippen molar-refractivity contribution in [1.82, 2.24) is 15.0 Å². The van der Waals surface area contributed by atoms with Crippen molar-refractivity contribution in [1.29, 1.82) is 0 Å². The van der Waals surface area contributed by atoms with E-state index < -0.39 is 0 Å². The summed E-state index contributed by atoms with van der Waals surface area (Å²) in [5, 5.41) is 0. The zero-order valence-electron chi connectivity index (χ0n) is 30.3. The second-order valence-electron chi connectivity index (χ2n) is 16.6. The van der Waals surface area contributed by atoms with Gasteiger partial charge in [0.05, 0.1) is 17.1 Å². The van der Waals surface area contributed by atoms with Crippen molar-refractivity contribution < 1.29 is 0 Å². The Morgan fingerprint density at radius 1 is 0.429 bits per heavy atom. The van der Waals surface area contributed by atoms with Crippen LogP contribution in [0.2, 0.25) is 0 Å². The summed E-state index contributed by atoms with van der Waals surface area (Å²) < 4.78 is 0. The van der Waals surface area contributed by atoms with E-state index in [9.17, 15) is 0 Å². The number of H-pyrrole nitrogens is 2. The van der Waals surface area contributed by atoms with E-state index in [1.54, 1.807) is 0 Å². The molecule has 4 heterocycles. The fraction of sp³-hybridized carbons (Fsp3) is 0.267. The summed E-state index contributed by atoms with van der Waals surface area (Å²) in [5.41, 5.74) is 23.7. The fourth-order valence-electron chi connectivity index (χ4n) is 6.86. The van der Waals surface area contributed by atoms with Gasteiger partial charge in [0.1, 0.15) is 0 Å². The summed E-state index contributed by atoms with van der Waals surface area (Å²) in [5.74, 6) is 0. The molecule has 0 spiro atoms. The maximum Gasteiger partial charge on any atom is 0.0966 e. The van der Waals surface area contributed by atoms with E-state index in [-0.39, 0.29) is 16.2 Å². The van der Waals surface area contributed by atoms with Crippen LogP contribution in [0.15, 0.2) is 97.1 Å². The molecule has 3 aromatic carbocycles. The Balaban J connectivity index is 1.58. The highest BCUT2D eigenvalue weighted by atomic mass is 14.8. The first-order chi connectivity index (χ1) is 23.1. The molecule has 0 aliphatic carbocycles. The van der Waals surface area contributed by atoms with Crippen molar-refractivity contribution >= 4 is 33.8 Å². The largest absolute Gasteiger partial charge is 0.397 e. The van der Waals surface area contributed by atoms with E-state index in [0.717, 1.165) is 66.8 Å². The highest BCUT2D eigenvalue weighted by molar-refractivity contribution is 6.02. The van der Waals surface area contributed by atoms with Gasteiger partial charge in [-0.25, -0.2) is 4.98 Å². The van der Waals surface area contributed by atoms with Gasteiger partial charge < -0.3 is 15.7 Å². The molecule has 0 saturated heterocycles.